The fraction of sp³-hybridized carbons (Fsp3) is 0.421. The first kappa shape index (κ1) is 16.8. The lowest BCUT2D eigenvalue weighted by Crippen LogP contribution is -2.14. The van der Waals surface area contributed by atoms with Gasteiger partial charge in [-0.3, -0.25) is 4.79 Å². The Morgan fingerprint density at radius 1 is 1.46 bits per heavy atom. The zero-order chi connectivity index (χ0) is 17.3. The van der Waals surface area contributed by atoms with Crippen LogP contribution < -0.4 is 14.8 Å². The Morgan fingerprint density at radius 2 is 2.25 bits per heavy atom. The predicted molar refractivity (Wildman–Crippen MR) is 97.8 cm³/mol. The summed E-state index contributed by atoms with van der Waals surface area (Å²) < 4.78 is 11.5. The van der Waals surface area contributed by atoms with Gasteiger partial charge in [0.15, 0.2) is 0 Å². The van der Waals surface area contributed by atoms with E-state index in [0.717, 1.165) is 28.2 Å². The third kappa shape index (κ3) is 3.26. The highest BCUT2D eigenvalue weighted by atomic mass is 32.1. The van der Waals surface area contributed by atoms with Gasteiger partial charge < -0.3 is 14.8 Å². The number of fused-ring (bicyclic) bond motifs is 1. The van der Waals surface area contributed by atoms with Crippen LogP contribution in [0, 0.1) is 0 Å². The molecule has 2 aromatic rings. The van der Waals surface area contributed by atoms with Gasteiger partial charge in [0, 0.05) is 18.1 Å². The Morgan fingerprint density at radius 3 is 2.96 bits per heavy atom. The van der Waals surface area contributed by atoms with E-state index in [1.54, 1.807) is 0 Å². The number of hydrogen-bond donors (Lipinski definition) is 1. The monoisotopic (exact) mass is 345 g/mol. The largest absolute Gasteiger partial charge is 0.492 e. The molecule has 1 amide bonds. The minimum Gasteiger partial charge on any atom is -0.492 e. The van der Waals surface area contributed by atoms with Gasteiger partial charge in [0.1, 0.15) is 17.6 Å². The maximum absolute atomic E-state index is 12.7. The zero-order valence-electron chi connectivity index (χ0n) is 14.5. The number of thiophene rings is 1. The van der Waals surface area contributed by atoms with Gasteiger partial charge in [0.05, 0.1) is 17.2 Å². The Hall–Kier alpha value is -2.01. The van der Waals surface area contributed by atoms with Crippen molar-refractivity contribution in [1.29, 1.82) is 0 Å². The SMILES string of the molecule is CCOc1cc2c(cc1NC(=O)c1sccc1C(C)C)O[C@@H](C)C2. The van der Waals surface area contributed by atoms with E-state index in [4.69, 9.17) is 9.47 Å². The van der Waals surface area contributed by atoms with Gasteiger partial charge >= 0.3 is 0 Å². The first-order valence-corrected chi connectivity index (χ1v) is 9.22. The van der Waals surface area contributed by atoms with Crippen LogP contribution in [0.25, 0.3) is 0 Å². The summed E-state index contributed by atoms with van der Waals surface area (Å²) in [5.74, 6) is 1.75. The second-order valence-electron chi connectivity index (χ2n) is 6.34. The van der Waals surface area contributed by atoms with Crippen LogP contribution in [0.3, 0.4) is 0 Å². The highest BCUT2D eigenvalue weighted by Gasteiger charge is 2.23. The number of nitrogens with one attached hydrogen (secondary N) is 1. The molecule has 1 atom stereocenters. The molecule has 2 heterocycles. The summed E-state index contributed by atoms with van der Waals surface area (Å²) in [6, 6.07) is 5.88. The van der Waals surface area contributed by atoms with E-state index in [2.05, 4.69) is 19.2 Å². The van der Waals surface area contributed by atoms with Crippen LogP contribution in [0.2, 0.25) is 0 Å². The Bertz CT molecular complexity index is 751. The summed E-state index contributed by atoms with van der Waals surface area (Å²) in [4.78, 5) is 13.5. The minimum absolute atomic E-state index is 0.0966. The average Bonchev–Trinajstić information content (AvgIpc) is 3.13. The molecule has 1 aliphatic rings. The fourth-order valence-corrected chi connectivity index (χ4v) is 3.90. The Kier molecular flexibility index (Phi) is 4.81. The third-order valence-electron chi connectivity index (χ3n) is 4.07. The maximum Gasteiger partial charge on any atom is 0.266 e. The molecule has 3 rings (SSSR count). The summed E-state index contributed by atoms with van der Waals surface area (Å²) in [6.45, 7) is 8.71. The van der Waals surface area contributed by atoms with Gasteiger partial charge in [-0.2, -0.15) is 0 Å². The molecule has 1 aromatic carbocycles. The number of carbonyl (C=O) groups excluding carboxylic acids is 1. The lowest BCUT2D eigenvalue weighted by molar-refractivity contribution is 0.102. The molecule has 0 saturated carbocycles. The second kappa shape index (κ2) is 6.85. The van der Waals surface area contributed by atoms with Crippen molar-refractivity contribution in [2.24, 2.45) is 0 Å². The number of benzene rings is 1. The summed E-state index contributed by atoms with van der Waals surface area (Å²) in [6.07, 6.45) is 1.02. The van der Waals surface area contributed by atoms with E-state index in [0.29, 0.717) is 24.0 Å². The third-order valence-corrected chi connectivity index (χ3v) is 5.00. The number of amides is 1. The maximum atomic E-state index is 12.7. The number of rotatable bonds is 5. The molecule has 5 heteroatoms. The molecule has 0 spiro atoms. The Labute approximate surface area is 146 Å². The van der Waals surface area contributed by atoms with Crippen LogP contribution in [0.4, 0.5) is 5.69 Å². The van der Waals surface area contributed by atoms with E-state index in [9.17, 15) is 4.79 Å². The smallest absolute Gasteiger partial charge is 0.266 e. The molecule has 0 bridgehead atoms. The molecule has 1 N–H and O–H groups in total. The average molecular weight is 345 g/mol. The van der Waals surface area contributed by atoms with Crippen LogP contribution in [0.5, 0.6) is 11.5 Å². The van der Waals surface area contributed by atoms with Crippen molar-refractivity contribution < 1.29 is 14.3 Å². The molecule has 0 radical (unpaired) electrons. The summed E-state index contributed by atoms with van der Waals surface area (Å²) in [5.41, 5.74) is 2.86. The molecule has 0 fully saturated rings. The highest BCUT2D eigenvalue weighted by molar-refractivity contribution is 7.12. The van der Waals surface area contributed by atoms with Crippen molar-refractivity contribution in [3.8, 4) is 11.5 Å². The lowest BCUT2D eigenvalue weighted by Gasteiger charge is -2.14. The number of hydrogen-bond acceptors (Lipinski definition) is 4. The van der Waals surface area contributed by atoms with Crippen molar-refractivity contribution >= 4 is 22.9 Å². The van der Waals surface area contributed by atoms with E-state index in [1.807, 2.05) is 37.4 Å². The van der Waals surface area contributed by atoms with E-state index in [-0.39, 0.29) is 12.0 Å². The van der Waals surface area contributed by atoms with Gasteiger partial charge in [0.25, 0.3) is 5.91 Å². The molecule has 1 aromatic heterocycles. The van der Waals surface area contributed by atoms with Gasteiger partial charge in [0.2, 0.25) is 0 Å². The van der Waals surface area contributed by atoms with Crippen molar-refractivity contribution in [1.82, 2.24) is 0 Å². The first-order valence-electron chi connectivity index (χ1n) is 8.34. The van der Waals surface area contributed by atoms with Crippen molar-refractivity contribution in [2.45, 2.75) is 46.1 Å². The number of carbonyl (C=O) groups is 1. The summed E-state index contributed by atoms with van der Waals surface area (Å²) in [7, 11) is 0. The van der Waals surface area contributed by atoms with Gasteiger partial charge in [-0.25, -0.2) is 0 Å². The van der Waals surface area contributed by atoms with Gasteiger partial charge in [-0.15, -0.1) is 11.3 Å². The van der Waals surface area contributed by atoms with Crippen molar-refractivity contribution in [3.05, 3.63) is 39.6 Å². The molecule has 0 unspecified atom stereocenters. The van der Waals surface area contributed by atoms with Crippen LogP contribution in [-0.4, -0.2) is 18.6 Å². The fourth-order valence-electron chi connectivity index (χ4n) is 2.95. The van der Waals surface area contributed by atoms with Crippen molar-refractivity contribution in [2.75, 3.05) is 11.9 Å². The molecular weight excluding hydrogens is 322 g/mol. The van der Waals surface area contributed by atoms with E-state index < -0.39 is 0 Å². The number of anilines is 1. The zero-order valence-corrected chi connectivity index (χ0v) is 15.3. The van der Waals surface area contributed by atoms with Crippen LogP contribution in [0.15, 0.2) is 23.6 Å². The molecule has 1 aliphatic heterocycles. The van der Waals surface area contributed by atoms with Crippen LogP contribution in [0.1, 0.15) is 54.4 Å². The normalized spacial score (nSPS) is 16.0. The summed E-state index contributed by atoms with van der Waals surface area (Å²) in [5, 5.41) is 4.96. The Balaban J connectivity index is 1.90. The first-order chi connectivity index (χ1) is 11.5. The second-order valence-corrected chi connectivity index (χ2v) is 7.25. The van der Waals surface area contributed by atoms with E-state index >= 15 is 0 Å². The highest BCUT2D eigenvalue weighted by Crippen LogP contribution is 2.38. The topological polar surface area (TPSA) is 47.6 Å². The standard InChI is InChI=1S/C19H23NO3S/c1-5-22-17-9-13-8-12(4)23-16(13)10-15(17)20-19(21)18-14(11(2)3)6-7-24-18/h6-7,9-12H,5,8H2,1-4H3,(H,20,21)/t12-/m0/s1. The quantitative estimate of drug-likeness (QED) is 0.843. The van der Waals surface area contributed by atoms with Crippen LogP contribution >= 0.6 is 11.3 Å². The minimum atomic E-state index is -0.0966. The van der Waals surface area contributed by atoms with Crippen LogP contribution in [-0.2, 0) is 6.42 Å². The molecule has 24 heavy (non-hydrogen) atoms. The molecule has 4 nitrogen and oxygen atoms in total. The number of ether oxygens (including phenoxy) is 2. The van der Waals surface area contributed by atoms with Gasteiger partial charge in [-0.05, 0) is 42.8 Å². The van der Waals surface area contributed by atoms with Gasteiger partial charge in [-0.1, -0.05) is 13.8 Å². The molecule has 128 valence electrons. The van der Waals surface area contributed by atoms with Crippen molar-refractivity contribution in [3.63, 3.8) is 0 Å². The van der Waals surface area contributed by atoms with E-state index in [1.165, 1.54) is 11.3 Å². The molecule has 0 saturated heterocycles. The lowest BCUT2D eigenvalue weighted by atomic mass is 10.0. The molecule has 0 aliphatic carbocycles. The predicted octanol–water partition coefficient (Wildman–Crippen LogP) is 4.85. The summed E-state index contributed by atoms with van der Waals surface area (Å²) >= 11 is 1.47. The molecular formula is C19H23NO3S.